The van der Waals surface area contributed by atoms with Crippen LogP contribution >= 0.6 is 0 Å². The molecule has 3 heteroatoms. The molecule has 1 aliphatic rings. The number of likely N-dealkylation sites (tertiary alicyclic amines) is 1. The molecular weight excluding hydrogens is 346 g/mol. The van der Waals surface area contributed by atoms with Gasteiger partial charge in [0, 0.05) is 19.1 Å². The van der Waals surface area contributed by atoms with E-state index in [4.69, 9.17) is 0 Å². The SMILES string of the molecule is C[C@H](c1ccccc1)N1C[C@@H](CO)C(c2ccccc2)(c2ccccc2)C1=O. The third-order valence-electron chi connectivity index (χ3n) is 6.06. The molecule has 1 saturated heterocycles. The van der Waals surface area contributed by atoms with Gasteiger partial charge in [-0.15, -0.1) is 0 Å². The Hall–Kier alpha value is -2.91. The highest BCUT2D eigenvalue weighted by atomic mass is 16.3. The first kappa shape index (κ1) is 18.5. The molecule has 4 rings (SSSR count). The lowest BCUT2D eigenvalue weighted by atomic mass is 9.67. The molecule has 142 valence electrons. The fourth-order valence-electron chi connectivity index (χ4n) is 4.59. The van der Waals surface area contributed by atoms with Crippen LogP contribution in [-0.4, -0.2) is 29.1 Å². The predicted octanol–water partition coefficient (Wildman–Crippen LogP) is 4.18. The van der Waals surface area contributed by atoms with Gasteiger partial charge in [-0.3, -0.25) is 4.79 Å². The van der Waals surface area contributed by atoms with E-state index in [9.17, 15) is 9.90 Å². The van der Waals surface area contributed by atoms with E-state index >= 15 is 0 Å². The summed E-state index contributed by atoms with van der Waals surface area (Å²) in [5.74, 6) is -0.156. The van der Waals surface area contributed by atoms with E-state index < -0.39 is 5.41 Å². The monoisotopic (exact) mass is 371 g/mol. The van der Waals surface area contributed by atoms with Gasteiger partial charge in [0.05, 0.1) is 6.04 Å². The van der Waals surface area contributed by atoms with Gasteiger partial charge < -0.3 is 10.0 Å². The average molecular weight is 371 g/mol. The molecule has 1 aliphatic heterocycles. The number of nitrogens with zero attached hydrogens (tertiary/aromatic N) is 1. The van der Waals surface area contributed by atoms with Crippen LogP contribution in [0.4, 0.5) is 0 Å². The third-order valence-corrected chi connectivity index (χ3v) is 6.06. The van der Waals surface area contributed by atoms with Crippen molar-refractivity contribution >= 4 is 5.91 Å². The maximum absolute atomic E-state index is 14.0. The standard InChI is InChI=1S/C25H25NO2/c1-19(20-11-5-2-6-12-20)26-17-23(18-27)25(24(26)28,21-13-7-3-8-14-21)22-15-9-4-10-16-22/h2-16,19,23,27H,17-18H2,1H3/t19-,23+/m1/s1. The number of hydrogen-bond donors (Lipinski definition) is 1. The quantitative estimate of drug-likeness (QED) is 0.731. The van der Waals surface area contributed by atoms with Gasteiger partial charge in [0.15, 0.2) is 0 Å². The van der Waals surface area contributed by atoms with Crippen LogP contribution in [-0.2, 0) is 10.2 Å². The van der Waals surface area contributed by atoms with E-state index in [1.165, 1.54) is 0 Å². The van der Waals surface area contributed by atoms with Gasteiger partial charge in [-0.1, -0.05) is 91.0 Å². The lowest BCUT2D eigenvalue weighted by Crippen LogP contribution is -2.43. The Morgan fingerprint density at radius 3 is 1.82 bits per heavy atom. The van der Waals surface area contributed by atoms with Crippen molar-refractivity contribution < 1.29 is 9.90 Å². The van der Waals surface area contributed by atoms with E-state index in [-0.39, 0.29) is 24.5 Å². The first-order valence-corrected chi connectivity index (χ1v) is 9.77. The molecule has 0 aromatic heterocycles. The smallest absolute Gasteiger partial charge is 0.238 e. The van der Waals surface area contributed by atoms with Crippen LogP contribution < -0.4 is 0 Å². The Bertz CT molecular complexity index is 885. The number of hydrogen-bond acceptors (Lipinski definition) is 2. The molecular formula is C25H25NO2. The highest BCUT2D eigenvalue weighted by Gasteiger charge is 2.56. The summed E-state index contributed by atoms with van der Waals surface area (Å²) in [6, 6.07) is 29.8. The van der Waals surface area contributed by atoms with Crippen LogP contribution in [0.25, 0.3) is 0 Å². The largest absolute Gasteiger partial charge is 0.396 e. The van der Waals surface area contributed by atoms with Crippen molar-refractivity contribution in [3.8, 4) is 0 Å². The molecule has 0 aliphatic carbocycles. The van der Waals surface area contributed by atoms with Gasteiger partial charge >= 0.3 is 0 Å². The summed E-state index contributed by atoms with van der Waals surface area (Å²) < 4.78 is 0. The Morgan fingerprint density at radius 1 is 0.893 bits per heavy atom. The number of aliphatic hydroxyl groups excluding tert-OH is 1. The van der Waals surface area contributed by atoms with E-state index in [0.717, 1.165) is 16.7 Å². The molecule has 2 atom stereocenters. The van der Waals surface area contributed by atoms with Crippen LogP contribution in [0, 0.1) is 5.92 Å². The molecule has 1 heterocycles. The molecule has 3 aromatic carbocycles. The Balaban J connectivity index is 1.87. The van der Waals surface area contributed by atoms with E-state index in [1.54, 1.807) is 0 Å². The van der Waals surface area contributed by atoms with Gasteiger partial charge in [0.2, 0.25) is 5.91 Å². The summed E-state index contributed by atoms with van der Waals surface area (Å²) in [5.41, 5.74) is 2.10. The normalized spacial score (nSPS) is 19.6. The number of benzene rings is 3. The highest BCUT2D eigenvalue weighted by molar-refractivity contribution is 5.95. The van der Waals surface area contributed by atoms with Crippen molar-refractivity contribution in [1.29, 1.82) is 0 Å². The number of carbonyl (C=O) groups is 1. The number of carbonyl (C=O) groups excluding carboxylic acids is 1. The van der Waals surface area contributed by atoms with Crippen LogP contribution in [0.5, 0.6) is 0 Å². The van der Waals surface area contributed by atoms with Gasteiger partial charge in [-0.25, -0.2) is 0 Å². The van der Waals surface area contributed by atoms with Crippen molar-refractivity contribution in [2.24, 2.45) is 5.92 Å². The van der Waals surface area contributed by atoms with Gasteiger partial charge in [0.1, 0.15) is 5.41 Å². The topological polar surface area (TPSA) is 40.5 Å². The van der Waals surface area contributed by atoms with E-state index in [1.807, 2.05) is 83.8 Å². The molecule has 0 spiro atoms. The summed E-state index contributed by atoms with van der Waals surface area (Å²) in [6.45, 7) is 2.54. The molecule has 0 saturated carbocycles. The fraction of sp³-hybridized carbons (Fsp3) is 0.240. The summed E-state index contributed by atoms with van der Waals surface area (Å²) >= 11 is 0. The van der Waals surface area contributed by atoms with E-state index in [2.05, 4.69) is 19.1 Å². The molecule has 3 nitrogen and oxygen atoms in total. The summed E-state index contributed by atoms with van der Waals surface area (Å²) in [6.07, 6.45) is 0. The minimum Gasteiger partial charge on any atom is -0.396 e. The molecule has 0 radical (unpaired) electrons. The lowest BCUT2D eigenvalue weighted by Gasteiger charge is -2.34. The van der Waals surface area contributed by atoms with Crippen molar-refractivity contribution in [3.63, 3.8) is 0 Å². The van der Waals surface area contributed by atoms with Crippen LogP contribution in [0.1, 0.15) is 29.7 Å². The Kier molecular flexibility index (Phi) is 5.01. The van der Waals surface area contributed by atoms with E-state index in [0.29, 0.717) is 6.54 Å². The molecule has 0 unspecified atom stereocenters. The van der Waals surface area contributed by atoms with Crippen molar-refractivity contribution in [3.05, 3.63) is 108 Å². The Morgan fingerprint density at radius 2 is 1.36 bits per heavy atom. The molecule has 3 aromatic rings. The second kappa shape index (κ2) is 7.61. The summed E-state index contributed by atoms with van der Waals surface area (Å²) in [5, 5.41) is 10.3. The minimum absolute atomic E-state index is 0.0481. The lowest BCUT2D eigenvalue weighted by molar-refractivity contribution is -0.133. The fourth-order valence-corrected chi connectivity index (χ4v) is 4.59. The maximum atomic E-state index is 14.0. The van der Waals surface area contributed by atoms with Crippen LogP contribution in [0.3, 0.4) is 0 Å². The zero-order valence-corrected chi connectivity index (χ0v) is 16.0. The van der Waals surface area contributed by atoms with Gasteiger partial charge in [-0.05, 0) is 23.6 Å². The molecule has 1 amide bonds. The number of amides is 1. The van der Waals surface area contributed by atoms with Crippen LogP contribution in [0.2, 0.25) is 0 Å². The molecule has 1 fully saturated rings. The Labute approximate surface area is 166 Å². The summed E-state index contributed by atoms with van der Waals surface area (Å²) in [4.78, 5) is 16.0. The van der Waals surface area contributed by atoms with Gasteiger partial charge in [-0.2, -0.15) is 0 Å². The van der Waals surface area contributed by atoms with Crippen molar-refractivity contribution in [2.45, 2.75) is 18.4 Å². The second-order valence-electron chi connectivity index (χ2n) is 7.46. The first-order chi connectivity index (χ1) is 13.7. The number of rotatable bonds is 5. The molecule has 28 heavy (non-hydrogen) atoms. The highest BCUT2D eigenvalue weighted by Crippen LogP contribution is 2.47. The summed E-state index contributed by atoms with van der Waals surface area (Å²) in [7, 11) is 0. The first-order valence-electron chi connectivity index (χ1n) is 9.77. The predicted molar refractivity (Wildman–Crippen MR) is 111 cm³/mol. The third kappa shape index (κ3) is 2.83. The second-order valence-corrected chi connectivity index (χ2v) is 7.46. The molecule has 0 bridgehead atoms. The van der Waals surface area contributed by atoms with Crippen molar-refractivity contribution in [1.82, 2.24) is 4.90 Å². The zero-order valence-electron chi connectivity index (χ0n) is 16.0. The van der Waals surface area contributed by atoms with Gasteiger partial charge in [0.25, 0.3) is 0 Å². The van der Waals surface area contributed by atoms with Crippen molar-refractivity contribution in [2.75, 3.05) is 13.2 Å². The zero-order chi connectivity index (χ0) is 19.6. The molecule has 1 N–H and O–H groups in total. The maximum Gasteiger partial charge on any atom is 0.238 e. The van der Waals surface area contributed by atoms with Crippen LogP contribution in [0.15, 0.2) is 91.0 Å². The number of aliphatic hydroxyl groups is 1. The minimum atomic E-state index is -0.875. The average Bonchev–Trinajstić information content (AvgIpc) is 3.08.